The van der Waals surface area contributed by atoms with Gasteiger partial charge in [-0.2, -0.15) is 0 Å². The topological polar surface area (TPSA) is 26.0 Å². The van der Waals surface area contributed by atoms with Crippen molar-refractivity contribution >= 4 is 12.4 Å². The molecule has 0 saturated carbocycles. The normalized spacial score (nSPS) is 11.9. The minimum atomic E-state index is 0. The predicted octanol–water partition coefficient (Wildman–Crippen LogP) is 2.83. The molecule has 1 aromatic carbocycles. The van der Waals surface area contributed by atoms with Crippen LogP contribution in [0.25, 0.3) is 0 Å². The summed E-state index contributed by atoms with van der Waals surface area (Å²) < 4.78 is 0. The lowest BCUT2D eigenvalue weighted by Crippen LogP contribution is -2.09. The van der Waals surface area contributed by atoms with Crippen molar-refractivity contribution in [2.24, 2.45) is 5.73 Å². The van der Waals surface area contributed by atoms with Gasteiger partial charge < -0.3 is 5.73 Å². The van der Waals surface area contributed by atoms with Gasteiger partial charge in [0, 0.05) is 6.04 Å². The molecule has 0 fully saturated rings. The Morgan fingerprint density at radius 1 is 1.33 bits per heavy atom. The van der Waals surface area contributed by atoms with E-state index in [1.165, 1.54) is 11.1 Å². The Kier molecular flexibility index (Phi) is 4.95. The molecule has 1 atom stereocenters. The van der Waals surface area contributed by atoms with Crippen molar-refractivity contribution in [3.8, 4) is 0 Å². The van der Waals surface area contributed by atoms with Gasteiger partial charge in [0.15, 0.2) is 0 Å². The minimum absolute atomic E-state index is 0. The highest BCUT2D eigenvalue weighted by molar-refractivity contribution is 5.85. The highest BCUT2D eigenvalue weighted by atomic mass is 35.5. The molecule has 1 nitrogen and oxygen atoms in total. The van der Waals surface area contributed by atoms with Crippen molar-refractivity contribution in [3.05, 3.63) is 35.4 Å². The summed E-state index contributed by atoms with van der Waals surface area (Å²) in [4.78, 5) is 0. The third-order valence-corrected chi connectivity index (χ3v) is 2.03. The fraction of sp³-hybridized carbons (Fsp3) is 0.400. The smallest absolute Gasteiger partial charge is 0.0294 e. The number of nitrogens with two attached hydrogens (primary N) is 1. The average molecular weight is 186 g/mol. The molecule has 1 rings (SSSR count). The molecule has 0 aliphatic carbocycles. The summed E-state index contributed by atoms with van der Waals surface area (Å²) in [6, 6.07) is 8.49. The van der Waals surface area contributed by atoms with E-state index in [0.717, 1.165) is 6.42 Å². The predicted molar refractivity (Wildman–Crippen MR) is 55.6 cm³/mol. The van der Waals surface area contributed by atoms with Crippen LogP contribution in [0.15, 0.2) is 24.3 Å². The summed E-state index contributed by atoms with van der Waals surface area (Å²) in [6.07, 6.45) is 1.00. The van der Waals surface area contributed by atoms with Crippen LogP contribution in [0.2, 0.25) is 0 Å². The molecule has 0 bridgehead atoms. The molecule has 0 aliphatic heterocycles. The lowest BCUT2D eigenvalue weighted by atomic mass is 10.0. The van der Waals surface area contributed by atoms with Crippen molar-refractivity contribution < 1.29 is 0 Å². The quantitative estimate of drug-likeness (QED) is 0.754. The molecule has 0 heterocycles. The third-order valence-electron chi connectivity index (χ3n) is 2.03. The maximum Gasteiger partial charge on any atom is 0.0294 e. The molecule has 12 heavy (non-hydrogen) atoms. The van der Waals surface area contributed by atoms with Crippen molar-refractivity contribution in [2.75, 3.05) is 0 Å². The van der Waals surface area contributed by atoms with E-state index in [0.29, 0.717) is 0 Å². The summed E-state index contributed by atoms with van der Waals surface area (Å²) in [5.41, 5.74) is 8.46. The van der Waals surface area contributed by atoms with Crippen molar-refractivity contribution in [1.82, 2.24) is 0 Å². The van der Waals surface area contributed by atoms with Crippen LogP contribution >= 0.6 is 12.4 Å². The van der Waals surface area contributed by atoms with E-state index in [9.17, 15) is 0 Å². The summed E-state index contributed by atoms with van der Waals surface area (Å²) in [5.74, 6) is 0. The first-order chi connectivity index (χ1) is 5.25. The molecule has 0 aliphatic rings. The van der Waals surface area contributed by atoms with Crippen molar-refractivity contribution in [3.63, 3.8) is 0 Å². The fourth-order valence-corrected chi connectivity index (χ4v) is 1.22. The SMILES string of the molecule is CC[C@H](N)c1ccccc1C.Cl. The van der Waals surface area contributed by atoms with Crippen LogP contribution in [0.4, 0.5) is 0 Å². The maximum atomic E-state index is 5.90. The first kappa shape index (κ1) is 11.5. The number of hydrogen-bond acceptors (Lipinski definition) is 1. The molecule has 1 aromatic rings. The number of aryl methyl sites for hydroxylation is 1. The van der Waals surface area contributed by atoms with E-state index >= 15 is 0 Å². The first-order valence-corrected chi connectivity index (χ1v) is 4.06. The number of hydrogen-bond donors (Lipinski definition) is 1. The molecule has 0 radical (unpaired) electrons. The molecule has 0 amide bonds. The van der Waals surface area contributed by atoms with Gasteiger partial charge in [0.1, 0.15) is 0 Å². The van der Waals surface area contributed by atoms with Gasteiger partial charge in [0.25, 0.3) is 0 Å². The van der Waals surface area contributed by atoms with Crippen LogP contribution < -0.4 is 5.73 Å². The Hall–Kier alpha value is -0.530. The van der Waals surface area contributed by atoms with Gasteiger partial charge >= 0.3 is 0 Å². The fourth-order valence-electron chi connectivity index (χ4n) is 1.22. The molecule has 68 valence electrons. The monoisotopic (exact) mass is 185 g/mol. The molecule has 0 aromatic heterocycles. The zero-order valence-corrected chi connectivity index (χ0v) is 8.40. The second-order valence-corrected chi connectivity index (χ2v) is 2.87. The second-order valence-electron chi connectivity index (χ2n) is 2.87. The highest BCUT2D eigenvalue weighted by Gasteiger charge is 2.03. The van der Waals surface area contributed by atoms with Crippen molar-refractivity contribution in [2.45, 2.75) is 26.3 Å². The van der Waals surface area contributed by atoms with Crippen LogP contribution in [0.1, 0.15) is 30.5 Å². The molecule has 2 heteroatoms. The molecular formula is C10H16ClN. The van der Waals surface area contributed by atoms with Gasteiger partial charge in [-0.05, 0) is 24.5 Å². The Morgan fingerprint density at radius 3 is 2.42 bits per heavy atom. The van der Waals surface area contributed by atoms with Crippen LogP contribution in [-0.4, -0.2) is 0 Å². The zero-order valence-electron chi connectivity index (χ0n) is 7.58. The molecule has 0 saturated heterocycles. The van der Waals surface area contributed by atoms with Gasteiger partial charge in [0.2, 0.25) is 0 Å². The number of rotatable bonds is 2. The van der Waals surface area contributed by atoms with Crippen LogP contribution in [0.3, 0.4) is 0 Å². The Morgan fingerprint density at radius 2 is 1.92 bits per heavy atom. The van der Waals surface area contributed by atoms with Crippen LogP contribution in [0, 0.1) is 6.92 Å². The van der Waals surface area contributed by atoms with Gasteiger partial charge in [-0.15, -0.1) is 12.4 Å². The minimum Gasteiger partial charge on any atom is -0.324 e. The maximum absolute atomic E-state index is 5.90. The second kappa shape index (κ2) is 5.18. The number of benzene rings is 1. The summed E-state index contributed by atoms with van der Waals surface area (Å²) in [6.45, 7) is 4.21. The molecular weight excluding hydrogens is 170 g/mol. The van der Waals surface area contributed by atoms with E-state index in [4.69, 9.17) is 5.73 Å². The van der Waals surface area contributed by atoms with Crippen LogP contribution in [-0.2, 0) is 0 Å². The summed E-state index contributed by atoms with van der Waals surface area (Å²) in [5, 5.41) is 0. The van der Waals surface area contributed by atoms with Crippen molar-refractivity contribution in [1.29, 1.82) is 0 Å². The Balaban J connectivity index is 0.00000121. The first-order valence-electron chi connectivity index (χ1n) is 4.06. The van der Waals surface area contributed by atoms with E-state index in [1.807, 2.05) is 12.1 Å². The lowest BCUT2D eigenvalue weighted by Gasteiger charge is -2.11. The van der Waals surface area contributed by atoms with Gasteiger partial charge in [0.05, 0.1) is 0 Å². The zero-order chi connectivity index (χ0) is 8.27. The van der Waals surface area contributed by atoms with E-state index in [-0.39, 0.29) is 18.4 Å². The average Bonchev–Trinajstić information content (AvgIpc) is 2.04. The molecule has 0 unspecified atom stereocenters. The molecule has 2 N–H and O–H groups in total. The lowest BCUT2D eigenvalue weighted by molar-refractivity contribution is 0.694. The number of halogens is 1. The Bertz CT molecular complexity index is 235. The van der Waals surface area contributed by atoms with E-state index in [2.05, 4.69) is 26.0 Å². The summed E-state index contributed by atoms with van der Waals surface area (Å²) in [7, 11) is 0. The highest BCUT2D eigenvalue weighted by Crippen LogP contribution is 2.16. The Labute approximate surface area is 80.4 Å². The van der Waals surface area contributed by atoms with Gasteiger partial charge in [-0.25, -0.2) is 0 Å². The summed E-state index contributed by atoms with van der Waals surface area (Å²) >= 11 is 0. The van der Waals surface area contributed by atoms with Crippen LogP contribution in [0.5, 0.6) is 0 Å². The molecule has 0 spiro atoms. The van der Waals surface area contributed by atoms with Gasteiger partial charge in [-0.3, -0.25) is 0 Å². The van der Waals surface area contributed by atoms with Gasteiger partial charge in [-0.1, -0.05) is 31.2 Å². The largest absolute Gasteiger partial charge is 0.324 e. The third kappa shape index (κ3) is 2.50. The standard InChI is InChI=1S/C10H15N.ClH/c1-3-10(11)9-7-5-4-6-8(9)2;/h4-7,10H,3,11H2,1-2H3;1H/t10-;/m0./s1. The van der Waals surface area contributed by atoms with E-state index in [1.54, 1.807) is 0 Å². The van der Waals surface area contributed by atoms with E-state index < -0.39 is 0 Å².